The summed E-state index contributed by atoms with van der Waals surface area (Å²) in [7, 11) is -3.40. The van der Waals surface area contributed by atoms with Crippen molar-refractivity contribution in [2.45, 2.75) is 43.5 Å². The summed E-state index contributed by atoms with van der Waals surface area (Å²) in [4.78, 5) is 0.309. The van der Waals surface area contributed by atoms with Crippen LogP contribution in [0.4, 0.5) is 0 Å². The molecule has 0 amide bonds. The van der Waals surface area contributed by atoms with Crippen molar-refractivity contribution in [1.29, 1.82) is 0 Å². The summed E-state index contributed by atoms with van der Waals surface area (Å²) in [6.45, 7) is 2.31. The summed E-state index contributed by atoms with van der Waals surface area (Å²) >= 11 is 3.36. The van der Waals surface area contributed by atoms with Crippen molar-refractivity contribution < 1.29 is 8.42 Å². The fraction of sp³-hybridized carbons (Fsp3) is 0.727. The Kier molecular flexibility index (Phi) is 4.45. The molecule has 5 nitrogen and oxygen atoms in total. The molecule has 0 radical (unpaired) electrons. The van der Waals surface area contributed by atoms with E-state index < -0.39 is 10.0 Å². The molecule has 0 unspecified atom stereocenters. The Balaban J connectivity index is 2.26. The number of aryl methyl sites for hydroxylation is 1. The van der Waals surface area contributed by atoms with Gasteiger partial charge >= 0.3 is 0 Å². The number of hydrogen-bond donors (Lipinski definition) is 1. The molecule has 7 heteroatoms. The lowest BCUT2D eigenvalue weighted by molar-refractivity contribution is 0.220. The molecule has 0 aliphatic heterocycles. The van der Waals surface area contributed by atoms with E-state index in [0.717, 1.165) is 31.0 Å². The van der Waals surface area contributed by atoms with Crippen LogP contribution in [-0.2, 0) is 10.0 Å². The fourth-order valence-electron chi connectivity index (χ4n) is 2.12. The molecule has 0 saturated heterocycles. The van der Waals surface area contributed by atoms with Crippen molar-refractivity contribution in [3.63, 3.8) is 0 Å². The Labute approximate surface area is 116 Å². The van der Waals surface area contributed by atoms with Crippen molar-refractivity contribution in [3.8, 4) is 0 Å². The van der Waals surface area contributed by atoms with Crippen molar-refractivity contribution >= 4 is 26.0 Å². The quantitative estimate of drug-likeness (QED) is 0.809. The number of aromatic amines is 1. The van der Waals surface area contributed by atoms with Crippen LogP contribution < -0.4 is 0 Å². The summed E-state index contributed by atoms with van der Waals surface area (Å²) in [5.74, 6) is 0. The average molecular weight is 336 g/mol. The molecular weight excluding hydrogens is 318 g/mol. The van der Waals surface area contributed by atoms with Crippen molar-refractivity contribution in [1.82, 2.24) is 14.5 Å². The molecule has 1 aromatic heterocycles. The van der Waals surface area contributed by atoms with Crippen LogP contribution in [0.15, 0.2) is 11.1 Å². The standard InChI is InChI=1S/C11H18BrN3O2S/c1-9-11(8-13-14-9)18(16,17)15(7-3-6-12)10-4-2-5-10/h8,10H,2-7H2,1H3,(H,13,14). The third-order valence-corrected chi connectivity index (χ3v) is 5.99. The Morgan fingerprint density at radius 3 is 2.72 bits per heavy atom. The number of hydrogen-bond acceptors (Lipinski definition) is 3. The molecular formula is C11H18BrN3O2S. The summed E-state index contributed by atoms with van der Waals surface area (Å²) in [5, 5.41) is 7.32. The maximum atomic E-state index is 12.6. The first kappa shape index (κ1) is 14.0. The van der Waals surface area contributed by atoms with E-state index in [9.17, 15) is 8.42 Å². The smallest absolute Gasteiger partial charge is 0.246 e. The number of sulfonamides is 1. The minimum atomic E-state index is -3.40. The van der Waals surface area contributed by atoms with E-state index in [0.29, 0.717) is 17.1 Å². The molecule has 0 spiro atoms. The van der Waals surface area contributed by atoms with Crippen LogP contribution in [0.25, 0.3) is 0 Å². The monoisotopic (exact) mass is 335 g/mol. The van der Waals surface area contributed by atoms with E-state index in [2.05, 4.69) is 26.1 Å². The van der Waals surface area contributed by atoms with Crippen LogP contribution in [0.1, 0.15) is 31.4 Å². The normalized spacial score (nSPS) is 17.1. The van der Waals surface area contributed by atoms with Gasteiger partial charge in [-0.3, -0.25) is 5.10 Å². The second-order valence-electron chi connectivity index (χ2n) is 4.60. The molecule has 0 atom stereocenters. The number of nitrogens with zero attached hydrogens (tertiary/aromatic N) is 2. The zero-order chi connectivity index (χ0) is 13.2. The molecule has 0 bridgehead atoms. The van der Waals surface area contributed by atoms with Crippen LogP contribution in [0.5, 0.6) is 0 Å². The Morgan fingerprint density at radius 2 is 2.28 bits per heavy atom. The molecule has 1 saturated carbocycles. The van der Waals surface area contributed by atoms with Crippen molar-refractivity contribution in [2.24, 2.45) is 0 Å². The summed E-state index contributed by atoms with van der Waals surface area (Å²) in [6, 6.07) is 0.170. The number of H-pyrrole nitrogens is 1. The van der Waals surface area contributed by atoms with Gasteiger partial charge in [-0.2, -0.15) is 9.40 Å². The minimum absolute atomic E-state index is 0.170. The highest BCUT2D eigenvalue weighted by atomic mass is 79.9. The summed E-state index contributed by atoms with van der Waals surface area (Å²) in [5.41, 5.74) is 0.609. The van der Waals surface area contributed by atoms with E-state index in [1.54, 1.807) is 11.2 Å². The van der Waals surface area contributed by atoms with Gasteiger partial charge in [0.1, 0.15) is 4.90 Å². The number of nitrogens with one attached hydrogen (secondary N) is 1. The van der Waals surface area contributed by atoms with Crippen molar-refractivity contribution in [3.05, 3.63) is 11.9 Å². The Hall–Kier alpha value is -0.400. The van der Waals surface area contributed by atoms with E-state index in [1.807, 2.05) is 0 Å². The molecule has 1 aliphatic carbocycles. The lowest BCUT2D eigenvalue weighted by atomic mass is 9.93. The van der Waals surface area contributed by atoms with Crippen LogP contribution in [0.2, 0.25) is 0 Å². The Morgan fingerprint density at radius 1 is 1.56 bits per heavy atom. The zero-order valence-corrected chi connectivity index (χ0v) is 12.8. The molecule has 2 rings (SSSR count). The van der Waals surface area contributed by atoms with Gasteiger partial charge in [0.15, 0.2) is 0 Å². The third kappa shape index (κ3) is 2.62. The van der Waals surface area contributed by atoms with Gasteiger partial charge in [0, 0.05) is 17.9 Å². The SMILES string of the molecule is Cc1[nH]ncc1S(=O)(=O)N(CCCBr)C1CCC1. The lowest BCUT2D eigenvalue weighted by Crippen LogP contribution is -2.44. The van der Waals surface area contributed by atoms with Crippen LogP contribution in [-0.4, -0.2) is 40.8 Å². The van der Waals surface area contributed by atoms with E-state index in [-0.39, 0.29) is 6.04 Å². The second kappa shape index (κ2) is 5.71. The number of rotatable bonds is 6. The fourth-order valence-corrected chi connectivity index (χ4v) is 4.21. The van der Waals surface area contributed by atoms with E-state index in [4.69, 9.17) is 0 Å². The highest BCUT2D eigenvalue weighted by Crippen LogP contribution is 2.30. The van der Waals surface area contributed by atoms with Gasteiger partial charge in [0.2, 0.25) is 10.0 Å². The molecule has 1 fully saturated rings. The largest absolute Gasteiger partial charge is 0.281 e. The number of halogens is 1. The highest BCUT2D eigenvalue weighted by molar-refractivity contribution is 9.09. The molecule has 0 aromatic carbocycles. The summed E-state index contributed by atoms with van der Waals surface area (Å²) in [6.07, 6.45) is 5.29. The topological polar surface area (TPSA) is 66.1 Å². The first-order chi connectivity index (χ1) is 8.57. The lowest BCUT2D eigenvalue weighted by Gasteiger charge is -2.36. The number of aromatic nitrogens is 2. The average Bonchev–Trinajstić information content (AvgIpc) is 2.68. The highest BCUT2D eigenvalue weighted by Gasteiger charge is 2.35. The van der Waals surface area contributed by atoms with Crippen LogP contribution in [0.3, 0.4) is 0 Å². The maximum Gasteiger partial charge on any atom is 0.246 e. The molecule has 1 heterocycles. The molecule has 1 aliphatic rings. The first-order valence-electron chi connectivity index (χ1n) is 6.15. The second-order valence-corrected chi connectivity index (χ2v) is 7.25. The van der Waals surface area contributed by atoms with Gasteiger partial charge in [-0.1, -0.05) is 22.4 Å². The predicted molar refractivity (Wildman–Crippen MR) is 73.3 cm³/mol. The van der Waals surface area contributed by atoms with Gasteiger partial charge in [0.05, 0.1) is 11.9 Å². The Bertz CT molecular complexity index is 496. The van der Waals surface area contributed by atoms with Gasteiger partial charge in [-0.25, -0.2) is 8.42 Å². The van der Waals surface area contributed by atoms with Gasteiger partial charge < -0.3 is 0 Å². The van der Waals surface area contributed by atoms with Crippen molar-refractivity contribution in [2.75, 3.05) is 11.9 Å². The van der Waals surface area contributed by atoms with Crippen LogP contribution in [0, 0.1) is 6.92 Å². The molecule has 102 valence electrons. The van der Waals surface area contributed by atoms with Gasteiger partial charge in [-0.15, -0.1) is 0 Å². The van der Waals surface area contributed by atoms with E-state index in [1.165, 1.54) is 6.20 Å². The predicted octanol–water partition coefficient (Wildman–Crippen LogP) is 2.05. The zero-order valence-electron chi connectivity index (χ0n) is 10.4. The maximum absolute atomic E-state index is 12.6. The minimum Gasteiger partial charge on any atom is -0.281 e. The number of alkyl halides is 1. The molecule has 1 aromatic rings. The van der Waals surface area contributed by atoms with E-state index >= 15 is 0 Å². The van der Waals surface area contributed by atoms with Gasteiger partial charge in [-0.05, 0) is 26.2 Å². The van der Waals surface area contributed by atoms with Gasteiger partial charge in [0.25, 0.3) is 0 Å². The van der Waals surface area contributed by atoms with Crippen LogP contribution >= 0.6 is 15.9 Å². The molecule has 18 heavy (non-hydrogen) atoms. The third-order valence-electron chi connectivity index (χ3n) is 3.36. The summed E-state index contributed by atoms with van der Waals surface area (Å²) < 4.78 is 26.9. The first-order valence-corrected chi connectivity index (χ1v) is 8.71. The molecule has 1 N–H and O–H groups in total.